The van der Waals surface area contributed by atoms with Gasteiger partial charge in [-0.2, -0.15) is 0 Å². The van der Waals surface area contributed by atoms with E-state index in [1.165, 1.54) is 0 Å². The molecule has 1 atom stereocenters. The molecule has 1 rings (SSSR count). The number of hydrogen-bond donors (Lipinski definition) is 1. The Balaban J connectivity index is 2.75. The Morgan fingerprint density at radius 1 is 1.22 bits per heavy atom. The molecule has 0 radical (unpaired) electrons. The monoisotopic (exact) mass is 322 g/mol. The van der Waals surface area contributed by atoms with Gasteiger partial charge in [-0.1, -0.05) is 42.5 Å². The first-order chi connectivity index (χ1) is 11.1. The SMILES string of the molecule is C/C=C/CC[C@](OCCOCC)(OCc1ccccc1)C(=O)O. The van der Waals surface area contributed by atoms with Crippen molar-refractivity contribution in [3.8, 4) is 0 Å². The minimum Gasteiger partial charge on any atom is -0.477 e. The second-order valence-electron chi connectivity index (χ2n) is 4.99. The number of allylic oxidation sites excluding steroid dienone is 2. The van der Waals surface area contributed by atoms with E-state index in [-0.39, 0.29) is 19.6 Å². The van der Waals surface area contributed by atoms with Crippen LogP contribution in [-0.2, 0) is 25.6 Å². The summed E-state index contributed by atoms with van der Waals surface area (Å²) in [5.41, 5.74) is 0.901. The third kappa shape index (κ3) is 6.95. The van der Waals surface area contributed by atoms with Crippen molar-refractivity contribution >= 4 is 5.97 Å². The zero-order valence-corrected chi connectivity index (χ0v) is 13.9. The Hall–Kier alpha value is -1.69. The van der Waals surface area contributed by atoms with Crippen molar-refractivity contribution in [1.29, 1.82) is 0 Å². The molecule has 5 nitrogen and oxygen atoms in total. The van der Waals surface area contributed by atoms with Crippen LogP contribution < -0.4 is 0 Å². The highest BCUT2D eigenvalue weighted by Crippen LogP contribution is 2.23. The Morgan fingerprint density at radius 2 is 1.96 bits per heavy atom. The van der Waals surface area contributed by atoms with E-state index in [0.29, 0.717) is 19.6 Å². The third-order valence-corrected chi connectivity index (χ3v) is 3.28. The summed E-state index contributed by atoms with van der Waals surface area (Å²) in [4.78, 5) is 11.8. The molecule has 0 aromatic heterocycles. The van der Waals surface area contributed by atoms with Crippen LogP contribution in [0.3, 0.4) is 0 Å². The van der Waals surface area contributed by atoms with E-state index in [9.17, 15) is 9.90 Å². The van der Waals surface area contributed by atoms with Crippen molar-refractivity contribution in [1.82, 2.24) is 0 Å². The quantitative estimate of drug-likeness (QED) is 0.363. The fraction of sp³-hybridized carbons (Fsp3) is 0.500. The molecule has 1 aromatic rings. The minimum absolute atomic E-state index is 0.171. The van der Waals surface area contributed by atoms with Gasteiger partial charge < -0.3 is 19.3 Å². The van der Waals surface area contributed by atoms with E-state index in [1.54, 1.807) is 0 Å². The molecule has 0 aliphatic heterocycles. The molecule has 0 aliphatic rings. The number of carboxylic acid groups (broad SMARTS) is 1. The first-order valence-electron chi connectivity index (χ1n) is 7.88. The summed E-state index contributed by atoms with van der Waals surface area (Å²) in [7, 11) is 0. The van der Waals surface area contributed by atoms with Crippen LogP contribution in [0.25, 0.3) is 0 Å². The highest BCUT2D eigenvalue weighted by atomic mass is 16.7. The maximum atomic E-state index is 11.8. The lowest BCUT2D eigenvalue weighted by Gasteiger charge is -2.29. The normalized spacial score (nSPS) is 14.0. The molecule has 5 heteroatoms. The van der Waals surface area contributed by atoms with Gasteiger partial charge in [-0.3, -0.25) is 0 Å². The van der Waals surface area contributed by atoms with Gasteiger partial charge in [-0.15, -0.1) is 0 Å². The summed E-state index contributed by atoms with van der Waals surface area (Å²) >= 11 is 0. The standard InChI is InChI=1S/C18H26O5/c1-3-5-9-12-18(17(19)20,22-14-13-21-4-2)23-15-16-10-7-6-8-11-16/h3,5-8,10-11H,4,9,12-15H2,1-2H3,(H,19,20)/b5-3+/t18-/m0/s1. The average Bonchev–Trinajstić information content (AvgIpc) is 2.57. The van der Waals surface area contributed by atoms with Gasteiger partial charge in [-0.25, -0.2) is 4.79 Å². The van der Waals surface area contributed by atoms with Crippen LogP contribution in [0, 0.1) is 0 Å². The highest BCUT2D eigenvalue weighted by molar-refractivity contribution is 5.75. The number of aliphatic carboxylic acids is 1. The molecule has 128 valence electrons. The van der Waals surface area contributed by atoms with Crippen molar-refractivity contribution in [2.75, 3.05) is 19.8 Å². The smallest absolute Gasteiger partial charge is 0.364 e. The summed E-state index contributed by atoms with van der Waals surface area (Å²) in [6, 6.07) is 9.45. The number of carboxylic acids is 1. The van der Waals surface area contributed by atoms with Crippen LogP contribution in [-0.4, -0.2) is 36.7 Å². The van der Waals surface area contributed by atoms with Crippen LogP contribution in [0.1, 0.15) is 32.3 Å². The van der Waals surface area contributed by atoms with E-state index >= 15 is 0 Å². The Bertz CT molecular complexity index is 472. The Morgan fingerprint density at radius 3 is 2.57 bits per heavy atom. The van der Waals surface area contributed by atoms with Crippen LogP contribution >= 0.6 is 0 Å². The van der Waals surface area contributed by atoms with Gasteiger partial charge >= 0.3 is 5.97 Å². The second-order valence-corrected chi connectivity index (χ2v) is 4.99. The number of ether oxygens (including phenoxy) is 3. The van der Waals surface area contributed by atoms with Gasteiger partial charge in [-0.05, 0) is 25.8 Å². The largest absolute Gasteiger partial charge is 0.477 e. The Labute approximate surface area is 137 Å². The van der Waals surface area contributed by atoms with E-state index < -0.39 is 11.8 Å². The second kappa shape index (κ2) is 10.9. The van der Waals surface area contributed by atoms with E-state index in [1.807, 2.05) is 56.3 Å². The summed E-state index contributed by atoms with van der Waals surface area (Å²) in [6.07, 6.45) is 4.58. The van der Waals surface area contributed by atoms with Gasteiger partial charge in [0.2, 0.25) is 0 Å². The molecule has 0 spiro atoms. The maximum Gasteiger partial charge on any atom is 0.364 e. The molecule has 0 unspecified atom stereocenters. The average molecular weight is 322 g/mol. The summed E-state index contributed by atoms with van der Waals surface area (Å²) < 4.78 is 16.5. The minimum atomic E-state index is -1.66. The predicted molar refractivity (Wildman–Crippen MR) is 88.1 cm³/mol. The fourth-order valence-corrected chi connectivity index (χ4v) is 2.04. The number of benzene rings is 1. The van der Waals surface area contributed by atoms with Crippen LogP contribution in [0.5, 0.6) is 0 Å². The van der Waals surface area contributed by atoms with Gasteiger partial charge in [0, 0.05) is 13.0 Å². The molecule has 0 fully saturated rings. The van der Waals surface area contributed by atoms with Gasteiger partial charge in [0.1, 0.15) is 0 Å². The van der Waals surface area contributed by atoms with Crippen molar-refractivity contribution in [2.45, 2.75) is 39.1 Å². The maximum absolute atomic E-state index is 11.8. The zero-order valence-electron chi connectivity index (χ0n) is 13.9. The molecular formula is C18H26O5. The third-order valence-electron chi connectivity index (χ3n) is 3.28. The fourth-order valence-electron chi connectivity index (χ4n) is 2.04. The number of hydrogen-bond acceptors (Lipinski definition) is 4. The van der Waals surface area contributed by atoms with Crippen LogP contribution in [0.4, 0.5) is 0 Å². The first kappa shape index (κ1) is 19.4. The van der Waals surface area contributed by atoms with E-state index in [2.05, 4.69) is 0 Å². The van der Waals surface area contributed by atoms with E-state index in [0.717, 1.165) is 5.56 Å². The molecule has 0 amide bonds. The summed E-state index contributed by atoms with van der Waals surface area (Å²) in [5.74, 6) is -2.78. The first-order valence-corrected chi connectivity index (χ1v) is 7.88. The molecule has 0 heterocycles. The Kier molecular flexibility index (Phi) is 9.21. The van der Waals surface area contributed by atoms with Crippen molar-refractivity contribution in [3.63, 3.8) is 0 Å². The van der Waals surface area contributed by atoms with Crippen LogP contribution in [0.2, 0.25) is 0 Å². The molecule has 0 saturated carbocycles. The van der Waals surface area contributed by atoms with Crippen molar-refractivity contribution in [3.05, 3.63) is 48.0 Å². The van der Waals surface area contributed by atoms with E-state index in [4.69, 9.17) is 14.2 Å². The lowest BCUT2D eigenvalue weighted by Crippen LogP contribution is -2.45. The van der Waals surface area contributed by atoms with Crippen LogP contribution in [0.15, 0.2) is 42.5 Å². The van der Waals surface area contributed by atoms with Gasteiger partial charge in [0.15, 0.2) is 0 Å². The van der Waals surface area contributed by atoms with Gasteiger partial charge in [0.05, 0.1) is 19.8 Å². The molecular weight excluding hydrogens is 296 g/mol. The lowest BCUT2D eigenvalue weighted by molar-refractivity contribution is -0.254. The zero-order chi connectivity index (χ0) is 17.0. The van der Waals surface area contributed by atoms with Gasteiger partial charge in [0.25, 0.3) is 5.79 Å². The summed E-state index contributed by atoms with van der Waals surface area (Å²) in [6.45, 7) is 5.02. The molecule has 0 saturated heterocycles. The van der Waals surface area contributed by atoms with Crippen molar-refractivity contribution < 1.29 is 24.1 Å². The summed E-state index contributed by atoms with van der Waals surface area (Å²) in [5, 5.41) is 9.64. The lowest BCUT2D eigenvalue weighted by atomic mass is 10.1. The topological polar surface area (TPSA) is 65.0 Å². The number of carbonyl (C=O) groups is 1. The predicted octanol–water partition coefficient (Wildman–Crippen LogP) is 3.39. The molecule has 23 heavy (non-hydrogen) atoms. The molecule has 1 aromatic carbocycles. The molecule has 0 bridgehead atoms. The molecule has 1 N–H and O–H groups in total. The highest BCUT2D eigenvalue weighted by Gasteiger charge is 2.40. The molecule has 0 aliphatic carbocycles. The number of rotatable bonds is 12. The van der Waals surface area contributed by atoms with Crippen molar-refractivity contribution in [2.24, 2.45) is 0 Å².